The molecule has 0 aliphatic heterocycles. The Morgan fingerprint density at radius 3 is 2.50 bits per heavy atom. The van der Waals surface area contributed by atoms with Crippen molar-refractivity contribution in [3.05, 3.63) is 69.7 Å². The maximum Gasteiger partial charge on any atom is 0.185 e. The lowest BCUT2D eigenvalue weighted by Gasteiger charge is -2.04. The molecule has 0 saturated carbocycles. The first-order valence-electron chi connectivity index (χ1n) is 6.56. The van der Waals surface area contributed by atoms with E-state index < -0.39 is 0 Å². The number of halogens is 3. The molecule has 0 heterocycles. The molecule has 5 heteroatoms. The molecule has 22 heavy (non-hydrogen) atoms. The second kappa shape index (κ2) is 8.37. The summed E-state index contributed by atoms with van der Waals surface area (Å²) in [5.74, 6) is 0.638. The molecule has 0 saturated heterocycles. The van der Waals surface area contributed by atoms with Gasteiger partial charge in [0.05, 0.1) is 6.61 Å². The van der Waals surface area contributed by atoms with Crippen molar-refractivity contribution in [2.24, 2.45) is 0 Å². The maximum atomic E-state index is 12.1. The third-order valence-electron chi connectivity index (χ3n) is 2.86. The van der Waals surface area contributed by atoms with Crippen LogP contribution in [0.4, 0.5) is 0 Å². The number of alkyl halides is 1. The lowest BCUT2D eigenvalue weighted by Crippen LogP contribution is -1.99. The van der Waals surface area contributed by atoms with E-state index in [4.69, 9.17) is 27.9 Å². The Bertz CT molecular complexity index is 682. The highest BCUT2D eigenvalue weighted by molar-refractivity contribution is 9.09. The molecule has 0 aliphatic rings. The highest BCUT2D eigenvalue weighted by atomic mass is 79.9. The third-order valence-corrected chi connectivity index (χ3v) is 3.75. The molecule has 0 unspecified atom stereocenters. The minimum atomic E-state index is -0.0990. The van der Waals surface area contributed by atoms with Gasteiger partial charge in [0.1, 0.15) is 5.75 Å². The third kappa shape index (κ3) is 4.87. The molecule has 0 aliphatic carbocycles. The van der Waals surface area contributed by atoms with Crippen LogP contribution in [0.25, 0.3) is 6.08 Å². The molecule has 0 fully saturated rings. The second-order valence-electron chi connectivity index (χ2n) is 4.43. The van der Waals surface area contributed by atoms with Crippen LogP contribution < -0.4 is 4.74 Å². The average Bonchev–Trinajstić information content (AvgIpc) is 2.52. The molecule has 2 nitrogen and oxygen atoms in total. The molecule has 0 N–H and O–H groups in total. The largest absolute Gasteiger partial charge is 0.493 e. The Kier molecular flexibility index (Phi) is 6.49. The maximum absolute atomic E-state index is 12.1. The first-order valence-corrected chi connectivity index (χ1v) is 8.44. The zero-order valence-electron chi connectivity index (χ0n) is 11.6. The summed E-state index contributed by atoms with van der Waals surface area (Å²) in [5.41, 5.74) is 1.34. The lowest BCUT2D eigenvalue weighted by atomic mass is 10.1. The predicted molar refractivity (Wildman–Crippen MR) is 95.6 cm³/mol. The van der Waals surface area contributed by atoms with E-state index in [2.05, 4.69) is 15.9 Å². The van der Waals surface area contributed by atoms with Crippen molar-refractivity contribution < 1.29 is 9.53 Å². The van der Waals surface area contributed by atoms with Crippen LogP contribution in [-0.4, -0.2) is 17.7 Å². The van der Waals surface area contributed by atoms with Gasteiger partial charge >= 0.3 is 0 Å². The molecule has 0 spiro atoms. The molecule has 0 atom stereocenters. The van der Waals surface area contributed by atoms with E-state index in [1.807, 2.05) is 0 Å². The molecule has 2 aromatic carbocycles. The molecule has 2 rings (SSSR count). The smallest absolute Gasteiger partial charge is 0.185 e. The summed E-state index contributed by atoms with van der Waals surface area (Å²) in [5, 5.41) is 1.83. The van der Waals surface area contributed by atoms with Gasteiger partial charge in [0.15, 0.2) is 5.78 Å². The lowest BCUT2D eigenvalue weighted by molar-refractivity contribution is 0.104. The number of carbonyl (C=O) groups is 1. The molecule has 114 valence electrons. The van der Waals surface area contributed by atoms with Crippen LogP contribution in [0.1, 0.15) is 15.9 Å². The fourth-order valence-electron chi connectivity index (χ4n) is 1.77. The van der Waals surface area contributed by atoms with E-state index in [0.29, 0.717) is 22.2 Å². The fraction of sp³-hybridized carbons (Fsp3) is 0.118. The van der Waals surface area contributed by atoms with Gasteiger partial charge in [-0.1, -0.05) is 45.2 Å². The van der Waals surface area contributed by atoms with Crippen molar-refractivity contribution in [3.63, 3.8) is 0 Å². The first-order chi connectivity index (χ1) is 10.6. The number of rotatable bonds is 6. The van der Waals surface area contributed by atoms with E-state index in [-0.39, 0.29) is 5.78 Å². The van der Waals surface area contributed by atoms with E-state index in [1.165, 1.54) is 6.08 Å². The number of hydrogen-bond acceptors (Lipinski definition) is 2. The summed E-state index contributed by atoms with van der Waals surface area (Å²) in [6, 6.07) is 12.2. The molecule has 0 aromatic heterocycles. The van der Waals surface area contributed by atoms with Crippen LogP contribution in [0.5, 0.6) is 5.75 Å². The quantitative estimate of drug-likeness (QED) is 0.355. The van der Waals surface area contributed by atoms with E-state index >= 15 is 0 Å². The van der Waals surface area contributed by atoms with Gasteiger partial charge in [0.25, 0.3) is 0 Å². The van der Waals surface area contributed by atoms with Gasteiger partial charge in [-0.3, -0.25) is 4.79 Å². The van der Waals surface area contributed by atoms with Gasteiger partial charge in [-0.2, -0.15) is 0 Å². The first kappa shape index (κ1) is 17.1. The van der Waals surface area contributed by atoms with Gasteiger partial charge in [-0.05, 0) is 54.1 Å². The molecular formula is C17H13BrCl2O2. The number of allylic oxidation sites excluding steroid dienone is 1. The Morgan fingerprint density at radius 2 is 1.86 bits per heavy atom. The average molecular weight is 400 g/mol. The standard InChI is InChI=1S/C17H13BrCl2O2/c18-9-10-22-15-6-2-13(3-7-15)17(21)8-4-12-1-5-14(19)11-16(12)20/h1-8,11H,9-10H2/b8-4+. The van der Waals surface area contributed by atoms with Crippen molar-refractivity contribution >= 4 is 51.0 Å². The summed E-state index contributed by atoms with van der Waals surface area (Å²) in [4.78, 5) is 12.1. The van der Waals surface area contributed by atoms with Crippen LogP contribution in [-0.2, 0) is 0 Å². The van der Waals surface area contributed by atoms with Crippen LogP contribution in [0.3, 0.4) is 0 Å². The Labute approximate surface area is 147 Å². The Morgan fingerprint density at radius 1 is 1.14 bits per heavy atom. The molecule has 2 aromatic rings. The minimum absolute atomic E-state index is 0.0990. The minimum Gasteiger partial charge on any atom is -0.493 e. The summed E-state index contributed by atoms with van der Waals surface area (Å²) in [7, 11) is 0. The zero-order chi connectivity index (χ0) is 15.9. The van der Waals surface area contributed by atoms with Gasteiger partial charge < -0.3 is 4.74 Å². The summed E-state index contributed by atoms with van der Waals surface area (Å²) < 4.78 is 5.44. The Balaban J connectivity index is 2.06. The normalized spacial score (nSPS) is 10.9. The molecule has 0 amide bonds. The zero-order valence-corrected chi connectivity index (χ0v) is 14.7. The van der Waals surface area contributed by atoms with Crippen LogP contribution in [0, 0.1) is 0 Å². The molecule has 0 bridgehead atoms. The predicted octanol–water partition coefficient (Wildman–Crippen LogP) is 5.66. The van der Waals surface area contributed by atoms with Gasteiger partial charge in [-0.15, -0.1) is 0 Å². The van der Waals surface area contributed by atoms with Gasteiger partial charge in [0, 0.05) is 20.9 Å². The highest BCUT2D eigenvalue weighted by Gasteiger charge is 2.03. The number of ketones is 1. The van der Waals surface area contributed by atoms with Crippen LogP contribution >= 0.6 is 39.1 Å². The molecule has 0 radical (unpaired) electrons. The van der Waals surface area contributed by atoms with Crippen LogP contribution in [0.2, 0.25) is 10.0 Å². The Hall–Kier alpha value is -1.29. The van der Waals surface area contributed by atoms with Crippen molar-refractivity contribution in [3.8, 4) is 5.75 Å². The SMILES string of the molecule is O=C(/C=C/c1ccc(Cl)cc1Cl)c1ccc(OCCBr)cc1. The van der Waals surface area contributed by atoms with E-state index in [1.54, 1.807) is 48.5 Å². The number of benzene rings is 2. The number of ether oxygens (including phenoxy) is 1. The molecular weight excluding hydrogens is 387 g/mol. The summed E-state index contributed by atoms with van der Waals surface area (Å²) in [6.45, 7) is 0.586. The summed E-state index contributed by atoms with van der Waals surface area (Å²) >= 11 is 15.2. The van der Waals surface area contributed by atoms with Crippen molar-refractivity contribution in [2.45, 2.75) is 0 Å². The van der Waals surface area contributed by atoms with Crippen molar-refractivity contribution in [2.75, 3.05) is 11.9 Å². The topological polar surface area (TPSA) is 26.3 Å². The van der Waals surface area contributed by atoms with Crippen LogP contribution in [0.15, 0.2) is 48.5 Å². The van der Waals surface area contributed by atoms with E-state index in [0.717, 1.165) is 16.6 Å². The van der Waals surface area contributed by atoms with Crippen molar-refractivity contribution in [1.82, 2.24) is 0 Å². The van der Waals surface area contributed by atoms with Gasteiger partial charge in [-0.25, -0.2) is 0 Å². The number of carbonyl (C=O) groups excluding carboxylic acids is 1. The summed E-state index contributed by atoms with van der Waals surface area (Å²) in [6.07, 6.45) is 3.17. The monoisotopic (exact) mass is 398 g/mol. The van der Waals surface area contributed by atoms with Gasteiger partial charge in [0.2, 0.25) is 0 Å². The number of hydrogen-bond donors (Lipinski definition) is 0. The van der Waals surface area contributed by atoms with Crippen molar-refractivity contribution in [1.29, 1.82) is 0 Å². The fourth-order valence-corrected chi connectivity index (χ4v) is 2.40. The second-order valence-corrected chi connectivity index (χ2v) is 6.06. The highest BCUT2D eigenvalue weighted by Crippen LogP contribution is 2.22. The van der Waals surface area contributed by atoms with E-state index in [9.17, 15) is 4.79 Å².